The number of rotatable bonds is 7. The van der Waals surface area contributed by atoms with E-state index < -0.39 is 18.0 Å². The molecular weight excluding hydrogens is 380 g/mol. The van der Waals surface area contributed by atoms with E-state index in [1.54, 1.807) is 12.1 Å². The number of esters is 1. The highest BCUT2D eigenvalue weighted by Gasteiger charge is 2.21. The Morgan fingerprint density at radius 1 is 1.10 bits per heavy atom. The number of methoxy groups -OCH3 is 1. The lowest BCUT2D eigenvalue weighted by Crippen LogP contribution is -2.30. The van der Waals surface area contributed by atoms with Gasteiger partial charge in [-0.25, -0.2) is 4.79 Å². The van der Waals surface area contributed by atoms with Gasteiger partial charge in [-0.3, -0.25) is 4.79 Å². The second-order valence-electron chi connectivity index (χ2n) is 7.23. The van der Waals surface area contributed by atoms with Gasteiger partial charge in [0.1, 0.15) is 17.4 Å². The van der Waals surface area contributed by atoms with E-state index in [4.69, 9.17) is 9.47 Å². The standard InChI is InChI=1S/C24H26N2O4/c1-15(2)19-9-7-18(8-10-19)13-20(14-25)24(28)30-17(4)23(27)26-21-12-16(3)6-11-22(21)29-5/h6-13,15,17H,1-5H3,(H,26,27)/b20-13+/t17-/m0/s1. The third-order valence-corrected chi connectivity index (χ3v) is 4.52. The lowest BCUT2D eigenvalue weighted by molar-refractivity contribution is -0.148. The summed E-state index contributed by atoms with van der Waals surface area (Å²) in [4.78, 5) is 24.8. The third kappa shape index (κ3) is 5.95. The molecule has 1 N–H and O–H groups in total. The molecule has 6 heteroatoms. The summed E-state index contributed by atoms with van der Waals surface area (Å²) in [6, 6.07) is 14.8. The highest BCUT2D eigenvalue weighted by molar-refractivity contribution is 6.01. The fourth-order valence-electron chi connectivity index (χ4n) is 2.71. The first-order valence-electron chi connectivity index (χ1n) is 9.63. The zero-order valence-corrected chi connectivity index (χ0v) is 17.9. The predicted molar refractivity (Wildman–Crippen MR) is 116 cm³/mol. The van der Waals surface area contributed by atoms with Gasteiger partial charge in [0.15, 0.2) is 6.10 Å². The maximum atomic E-state index is 12.5. The molecule has 0 aromatic heterocycles. The van der Waals surface area contributed by atoms with Crippen molar-refractivity contribution in [2.45, 2.75) is 39.7 Å². The molecule has 2 aromatic carbocycles. The number of aryl methyl sites for hydroxylation is 1. The van der Waals surface area contributed by atoms with Crippen LogP contribution in [0.4, 0.5) is 5.69 Å². The van der Waals surface area contributed by atoms with Gasteiger partial charge in [-0.15, -0.1) is 0 Å². The maximum absolute atomic E-state index is 12.5. The Balaban J connectivity index is 2.08. The van der Waals surface area contributed by atoms with Crippen molar-refractivity contribution in [1.29, 1.82) is 5.26 Å². The number of carbonyl (C=O) groups is 2. The Hall–Kier alpha value is -3.59. The zero-order valence-electron chi connectivity index (χ0n) is 17.9. The molecule has 0 unspecified atom stereocenters. The summed E-state index contributed by atoms with van der Waals surface area (Å²) in [6.07, 6.45) is 0.350. The molecule has 0 saturated heterocycles. The molecule has 156 valence electrons. The second-order valence-corrected chi connectivity index (χ2v) is 7.23. The van der Waals surface area contributed by atoms with Crippen molar-refractivity contribution < 1.29 is 19.1 Å². The van der Waals surface area contributed by atoms with Gasteiger partial charge in [-0.05, 0) is 54.7 Å². The van der Waals surface area contributed by atoms with Gasteiger partial charge in [0.05, 0.1) is 12.8 Å². The summed E-state index contributed by atoms with van der Waals surface area (Å²) in [7, 11) is 1.50. The van der Waals surface area contributed by atoms with E-state index in [1.165, 1.54) is 20.1 Å². The van der Waals surface area contributed by atoms with E-state index in [9.17, 15) is 14.9 Å². The number of nitrogens with zero attached hydrogens (tertiary/aromatic N) is 1. The van der Waals surface area contributed by atoms with Gasteiger partial charge in [-0.2, -0.15) is 5.26 Å². The van der Waals surface area contributed by atoms with Gasteiger partial charge >= 0.3 is 5.97 Å². The van der Waals surface area contributed by atoms with Crippen LogP contribution in [0.5, 0.6) is 5.75 Å². The largest absolute Gasteiger partial charge is 0.495 e. The normalized spacial score (nSPS) is 12.1. The summed E-state index contributed by atoms with van der Waals surface area (Å²) in [5.41, 5.74) is 3.10. The van der Waals surface area contributed by atoms with Crippen LogP contribution < -0.4 is 10.1 Å². The van der Waals surface area contributed by atoms with E-state index in [-0.39, 0.29) is 5.57 Å². The smallest absolute Gasteiger partial charge is 0.349 e. The van der Waals surface area contributed by atoms with E-state index in [0.29, 0.717) is 22.9 Å². The lowest BCUT2D eigenvalue weighted by Gasteiger charge is -2.15. The Morgan fingerprint density at radius 3 is 2.33 bits per heavy atom. The molecule has 0 aliphatic rings. The van der Waals surface area contributed by atoms with Crippen molar-refractivity contribution in [3.05, 3.63) is 64.7 Å². The molecule has 1 atom stereocenters. The monoisotopic (exact) mass is 406 g/mol. The van der Waals surface area contributed by atoms with Crippen LogP contribution in [-0.2, 0) is 14.3 Å². The van der Waals surface area contributed by atoms with E-state index >= 15 is 0 Å². The molecule has 0 fully saturated rings. The fourth-order valence-corrected chi connectivity index (χ4v) is 2.71. The van der Waals surface area contributed by atoms with Crippen LogP contribution >= 0.6 is 0 Å². The first-order valence-corrected chi connectivity index (χ1v) is 9.63. The Labute approximate surface area is 177 Å². The number of nitrogens with one attached hydrogen (secondary N) is 1. The van der Waals surface area contributed by atoms with Gasteiger partial charge in [0.2, 0.25) is 0 Å². The minimum absolute atomic E-state index is 0.180. The van der Waals surface area contributed by atoms with Crippen LogP contribution in [0.1, 0.15) is 43.4 Å². The first-order chi connectivity index (χ1) is 14.2. The topological polar surface area (TPSA) is 88.4 Å². The van der Waals surface area contributed by atoms with Crippen LogP contribution in [0.3, 0.4) is 0 Å². The van der Waals surface area contributed by atoms with Crippen LogP contribution in [0.25, 0.3) is 6.08 Å². The summed E-state index contributed by atoms with van der Waals surface area (Å²) in [5, 5.41) is 12.0. The number of ether oxygens (including phenoxy) is 2. The van der Waals surface area contributed by atoms with Crippen LogP contribution in [-0.4, -0.2) is 25.1 Å². The van der Waals surface area contributed by atoms with Crippen molar-refractivity contribution in [2.75, 3.05) is 12.4 Å². The van der Waals surface area contributed by atoms with Gasteiger partial charge in [0, 0.05) is 0 Å². The first kappa shape index (κ1) is 22.7. The molecule has 2 aromatic rings. The number of nitriles is 1. The number of benzene rings is 2. The molecule has 1 amide bonds. The summed E-state index contributed by atoms with van der Waals surface area (Å²) >= 11 is 0. The molecule has 6 nitrogen and oxygen atoms in total. The Kier molecular flexibility index (Phi) is 7.76. The lowest BCUT2D eigenvalue weighted by atomic mass is 10.0. The quantitative estimate of drug-likeness (QED) is 0.412. The average molecular weight is 406 g/mol. The molecule has 0 heterocycles. The molecule has 0 saturated carbocycles. The molecule has 0 radical (unpaired) electrons. The van der Waals surface area contributed by atoms with Crippen LogP contribution in [0.2, 0.25) is 0 Å². The van der Waals surface area contributed by atoms with Gasteiger partial charge in [0.25, 0.3) is 5.91 Å². The maximum Gasteiger partial charge on any atom is 0.349 e. The third-order valence-electron chi connectivity index (χ3n) is 4.52. The molecule has 0 aliphatic carbocycles. The molecule has 2 rings (SSSR count). The number of carbonyl (C=O) groups excluding carboxylic acids is 2. The van der Waals surface area contributed by atoms with Crippen LogP contribution in [0, 0.1) is 18.3 Å². The van der Waals surface area contributed by atoms with Crippen molar-refractivity contribution >= 4 is 23.6 Å². The molecular formula is C24H26N2O4. The fraction of sp³-hybridized carbons (Fsp3) is 0.292. The molecule has 0 bridgehead atoms. The van der Waals surface area contributed by atoms with Crippen molar-refractivity contribution in [1.82, 2.24) is 0 Å². The average Bonchev–Trinajstić information content (AvgIpc) is 2.72. The summed E-state index contributed by atoms with van der Waals surface area (Å²) < 4.78 is 10.4. The minimum atomic E-state index is -1.09. The molecule has 0 aliphatic heterocycles. The van der Waals surface area contributed by atoms with Gasteiger partial charge < -0.3 is 14.8 Å². The highest BCUT2D eigenvalue weighted by atomic mass is 16.5. The predicted octanol–water partition coefficient (Wildman–Crippen LogP) is 4.60. The number of hydrogen-bond acceptors (Lipinski definition) is 5. The molecule has 30 heavy (non-hydrogen) atoms. The molecule has 0 spiro atoms. The SMILES string of the molecule is COc1ccc(C)cc1NC(=O)[C@H](C)OC(=O)/C(C#N)=C/c1ccc(C(C)C)cc1. The van der Waals surface area contributed by atoms with Gasteiger partial charge in [-0.1, -0.05) is 44.2 Å². The number of anilines is 1. The summed E-state index contributed by atoms with van der Waals surface area (Å²) in [6.45, 7) is 7.50. The Bertz CT molecular complexity index is 985. The highest BCUT2D eigenvalue weighted by Crippen LogP contribution is 2.25. The zero-order chi connectivity index (χ0) is 22.3. The van der Waals surface area contributed by atoms with Crippen molar-refractivity contribution in [3.63, 3.8) is 0 Å². The number of hydrogen-bond donors (Lipinski definition) is 1. The van der Waals surface area contributed by atoms with Crippen molar-refractivity contribution in [3.8, 4) is 11.8 Å². The van der Waals surface area contributed by atoms with E-state index in [0.717, 1.165) is 11.1 Å². The van der Waals surface area contributed by atoms with E-state index in [1.807, 2.05) is 43.3 Å². The summed E-state index contributed by atoms with van der Waals surface area (Å²) in [5.74, 6) is -0.500. The van der Waals surface area contributed by atoms with Crippen molar-refractivity contribution in [2.24, 2.45) is 0 Å². The van der Waals surface area contributed by atoms with E-state index in [2.05, 4.69) is 19.2 Å². The van der Waals surface area contributed by atoms with Crippen LogP contribution in [0.15, 0.2) is 48.0 Å². The second kappa shape index (κ2) is 10.3. The minimum Gasteiger partial charge on any atom is -0.495 e. The number of amides is 1. The Morgan fingerprint density at radius 2 is 1.77 bits per heavy atom.